The highest BCUT2D eigenvalue weighted by Crippen LogP contribution is 2.23. The molecule has 1 atom stereocenters. The molecule has 1 aromatic carbocycles. The van der Waals surface area contributed by atoms with Crippen molar-refractivity contribution in [3.05, 3.63) is 53.3 Å². The molecule has 100 valence electrons. The van der Waals surface area contributed by atoms with Gasteiger partial charge in [-0.05, 0) is 62.1 Å². The standard InChI is InChI=1S/C16H20N2O/c1-11-4-5-15(6-12(11)2)19-16-8-14(7-13(3)17)9-18-10-16/h4-6,8-10,13H,7,17H2,1-3H3. The molecule has 2 rings (SSSR count). The first kappa shape index (κ1) is 13.6. The Kier molecular flexibility index (Phi) is 4.17. The molecule has 0 amide bonds. The SMILES string of the molecule is Cc1ccc(Oc2cncc(CC(C)N)c2)cc1C. The second-order valence-electron chi connectivity index (χ2n) is 5.06. The fourth-order valence-electron chi connectivity index (χ4n) is 1.92. The average molecular weight is 256 g/mol. The van der Waals surface area contributed by atoms with Crippen molar-refractivity contribution in [1.29, 1.82) is 0 Å². The molecular formula is C16H20N2O. The fraction of sp³-hybridized carbons (Fsp3) is 0.312. The fourth-order valence-corrected chi connectivity index (χ4v) is 1.92. The van der Waals surface area contributed by atoms with Gasteiger partial charge in [-0.1, -0.05) is 6.07 Å². The van der Waals surface area contributed by atoms with Gasteiger partial charge in [-0.2, -0.15) is 0 Å². The maximum absolute atomic E-state index is 5.83. The predicted octanol–water partition coefficient (Wildman–Crippen LogP) is 3.38. The van der Waals surface area contributed by atoms with E-state index in [0.29, 0.717) is 0 Å². The van der Waals surface area contributed by atoms with Gasteiger partial charge in [-0.3, -0.25) is 4.98 Å². The smallest absolute Gasteiger partial charge is 0.145 e. The van der Waals surface area contributed by atoms with E-state index in [4.69, 9.17) is 10.5 Å². The number of aromatic nitrogens is 1. The van der Waals surface area contributed by atoms with Crippen LogP contribution in [0.15, 0.2) is 36.7 Å². The summed E-state index contributed by atoms with van der Waals surface area (Å²) in [6, 6.07) is 8.18. The zero-order valence-corrected chi connectivity index (χ0v) is 11.7. The quantitative estimate of drug-likeness (QED) is 0.912. The zero-order chi connectivity index (χ0) is 13.8. The summed E-state index contributed by atoms with van der Waals surface area (Å²) in [4.78, 5) is 4.19. The molecule has 0 aliphatic carbocycles. The Hall–Kier alpha value is -1.87. The van der Waals surface area contributed by atoms with Gasteiger partial charge >= 0.3 is 0 Å². The Labute approximate surface area is 114 Å². The summed E-state index contributed by atoms with van der Waals surface area (Å²) in [6.07, 6.45) is 4.35. The first-order valence-corrected chi connectivity index (χ1v) is 6.49. The Morgan fingerprint density at radius 3 is 2.58 bits per heavy atom. The number of nitrogens with two attached hydrogens (primary N) is 1. The van der Waals surface area contributed by atoms with E-state index in [0.717, 1.165) is 23.5 Å². The molecule has 2 N–H and O–H groups in total. The monoisotopic (exact) mass is 256 g/mol. The van der Waals surface area contributed by atoms with Gasteiger partial charge in [0.25, 0.3) is 0 Å². The Morgan fingerprint density at radius 1 is 1.11 bits per heavy atom. The minimum Gasteiger partial charge on any atom is -0.456 e. The van der Waals surface area contributed by atoms with E-state index in [-0.39, 0.29) is 6.04 Å². The van der Waals surface area contributed by atoms with Crippen LogP contribution < -0.4 is 10.5 Å². The van der Waals surface area contributed by atoms with E-state index in [1.165, 1.54) is 11.1 Å². The number of aryl methyl sites for hydroxylation is 2. The van der Waals surface area contributed by atoms with E-state index in [2.05, 4.69) is 24.9 Å². The molecular weight excluding hydrogens is 236 g/mol. The summed E-state index contributed by atoms with van der Waals surface area (Å²) >= 11 is 0. The third-order valence-corrected chi connectivity index (χ3v) is 3.04. The molecule has 0 aliphatic heterocycles. The molecule has 1 unspecified atom stereocenters. The molecule has 1 aromatic heterocycles. The van der Waals surface area contributed by atoms with Gasteiger partial charge < -0.3 is 10.5 Å². The second-order valence-corrected chi connectivity index (χ2v) is 5.06. The summed E-state index contributed by atoms with van der Waals surface area (Å²) in [5.41, 5.74) is 9.37. The van der Waals surface area contributed by atoms with Crippen LogP contribution in [0, 0.1) is 13.8 Å². The molecule has 0 bridgehead atoms. The van der Waals surface area contributed by atoms with Crippen LogP contribution in [0.5, 0.6) is 11.5 Å². The zero-order valence-electron chi connectivity index (χ0n) is 11.7. The van der Waals surface area contributed by atoms with Crippen molar-refractivity contribution in [3.8, 4) is 11.5 Å². The summed E-state index contributed by atoms with van der Waals surface area (Å²) in [5.74, 6) is 1.59. The van der Waals surface area contributed by atoms with E-state index in [1.807, 2.05) is 31.3 Å². The molecule has 0 aliphatic rings. The van der Waals surface area contributed by atoms with Crippen molar-refractivity contribution >= 4 is 0 Å². The lowest BCUT2D eigenvalue weighted by Crippen LogP contribution is -2.17. The van der Waals surface area contributed by atoms with Crippen molar-refractivity contribution in [3.63, 3.8) is 0 Å². The first-order valence-electron chi connectivity index (χ1n) is 6.49. The maximum atomic E-state index is 5.83. The molecule has 0 saturated carbocycles. The Balaban J connectivity index is 2.16. The summed E-state index contributed by atoms with van der Waals surface area (Å²) in [7, 11) is 0. The van der Waals surface area contributed by atoms with Crippen LogP contribution in [-0.2, 0) is 6.42 Å². The number of rotatable bonds is 4. The van der Waals surface area contributed by atoms with E-state index in [1.54, 1.807) is 6.20 Å². The van der Waals surface area contributed by atoms with Gasteiger partial charge in [-0.15, -0.1) is 0 Å². The molecule has 19 heavy (non-hydrogen) atoms. The lowest BCUT2D eigenvalue weighted by atomic mass is 10.1. The molecule has 0 fully saturated rings. The van der Waals surface area contributed by atoms with Gasteiger partial charge in [0.15, 0.2) is 0 Å². The van der Waals surface area contributed by atoms with Gasteiger partial charge in [0, 0.05) is 12.2 Å². The number of benzene rings is 1. The largest absolute Gasteiger partial charge is 0.456 e. The minimum absolute atomic E-state index is 0.124. The van der Waals surface area contributed by atoms with E-state index in [9.17, 15) is 0 Å². The third kappa shape index (κ3) is 3.80. The molecule has 3 heteroatoms. The van der Waals surface area contributed by atoms with Crippen molar-refractivity contribution in [2.24, 2.45) is 5.73 Å². The van der Waals surface area contributed by atoms with Crippen LogP contribution in [0.3, 0.4) is 0 Å². The number of nitrogens with zero attached hydrogens (tertiary/aromatic N) is 1. The summed E-state index contributed by atoms with van der Waals surface area (Å²) in [5, 5.41) is 0. The van der Waals surface area contributed by atoms with E-state index < -0.39 is 0 Å². The highest BCUT2D eigenvalue weighted by Gasteiger charge is 2.03. The molecule has 0 saturated heterocycles. The molecule has 2 aromatic rings. The summed E-state index contributed by atoms with van der Waals surface area (Å²) in [6.45, 7) is 6.15. The minimum atomic E-state index is 0.124. The normalized spacial score (nSPS) is 12.2. The van der Waals surface area contributed by atoms with Crippen molar-refractivity contribution in [2.75, 3.05) is 0 Å². The van der Waals surface area contributed by atoms with Gasteiger partial charge in [-0.25, -0.2) is 0 Å². The van der Waals surface area contributed by atoms with Crippen LogP contribution in [0.2, 0.25) is 0 Å². The van der Waals surface area contributed by atoms with Gasteiger partial charge in [0.05, 0.1) is 6.20 Å². The molecule has 0 spiro atoms. The number of ether oxygens (including phenoxy) is 1. The van der Waals surface area contributed by atoms with Crippen LogP contribution >= 0.6 is 0 Å². The Bertz CT molecular complexity index is 564. The van der Waals surface area contributed by atoms with Crippen LogP contribution in [0.1, 0.15) is 23.6 Å². The highest BCUT2D eigenvalue weighted by atomic mass is 16.5. The number of hydrogen-bond acceptors (Lipinski definition) is 3. The van der Waals surface area contributed by atoms with Gasteiger partial charge in [0.1, 0.15) is 11.5 Å². The van der Waals surface area contributed by atoms with Gasteiger partial charge in [0.2, 0.25) is 0 Å². The predicted molar refractivity (Wildman–Crippen MR) is 77.6 cm³/mol. The molecule has 3 nitrogen and oxygen atoms in total. The van der Waals surface area contributed by atoms with Crippen LogP contribution in [0.4, 0.5) is 0 Å². The number of pyridine rings is 1. The van der Waals surface area contributed by atoms with E-state index >= 15 is 0 Å². The lowest BCUT2D eigenvalue weighted by molar-refractivity contribution is 0.478. The topological polar surface area (TPSA) is 48.1 Å². The first-order chi connectivity index (χ1) is 9.04. The average Bonchev–Trinajstić information content (AvgIpc) is 2.33. The number of hydrogen-bond donors (Lipinski definition) is 1. The highest BCUT2D eigenvalue weighted by molar-refractivity contribution is 5.37. The van der Waals surface area contributed by atoms with Crippen molar-refractivity contribution < 1.29 is 4.74 Å². The molecule has 1 heterocycles. The van der Waals surface area contributed by atoms with Crippen LogP contribution in [-0.4, -0.2) is 11.0 Å². The van der Waals surface area contributed by atoms with Crippen molar-refractivity contribution in [1.82, 2.24) is 4.98 Å². The Morgan fingerprint density at radius 2 is 1.89 bits per heavy atom. The van der Waals surface area contributed by atoms with Crippen LogP contribution in [0.25, 0.3) is 0 Å². The maximum Gasteiger partial charge on any atom is 0.145 e. The van der Waals surface area contributed by atoms with Crippen molar-refractivity contribution in [2.45, 2.75) is 33.2 Å². The second kappa shape index (κ2) is 5.85. The summed E-state index contributed by atoms with van der Waals surface area (Å²) < 4.78 is 5.83. The lowest BCUT2D eigenvalue weighted by Gasteiger charge is -2.10. The molecule has 0 radical (unpaired) electrons. The third-order valence-electron chi connectivity index (χ3n) is 3.04.